The fraction of sp³-hybridized carbons (Fsp3) is 0.133. The third-order valence-electron chi connectivity index (χ3n) is 2.88. The fourth-order valence-corrected chi connectivity index (χ4v) is 1.91. The van der Waals surface area contributed by atoms with Gasteiger partial charge in [0.25, 0.3) is 5.91 Å². The van der Waals surface area contributed by atoms with Crippen LogP contribution in [0.1, 0.15) is 15.9 Å². The number of carbonyl (C=O) groups is 1. The molecule has 0 bridgehead atoms. The normalized spacial score (nSPS) is 10.1. The van der Waals surface area contributed by atoms with Crippen LogP contribution < -0.4 is 11.1 Å². The molecule has 3 N–H and O–H groups in total. The van der Waals surface area contributed by atoms with Crippen molar-refractivity contribution < 1.29 is 4.79 Å². The summed E-state index contributed by atoms with van der Waals surface area (Å²) in [7, 11) is 1.63. The molecule has 0 radical (unpaired) electrons. The van der Waals surface area contributed by atoms with E-state index in [0.717, 1.165) is 16.7 Å². The van der Waals surface area contributed by atoms with Crippen molar-refractivity contribution in [2.75, 3.05) is 7.05 Å². The lowest BCUT2D eigenvalue weighted by atomic mass is 9.97. The molecule has 18 heavy (non-hydrogen) atoms. The Morgan fingerprint density at radius 2 is 1.89 bits per heavy atom. The Bertz CT molecular complexity index is 550. The molecule has 0 aliphatic carbocycles. The fourth-order valence-electron chi connectivity index (χ4n) is 1.91. The van der Waals surface area contributed by atoms with Gasteiger partial charge in [0.15, 0.2) is 0 Å². The smallest absolute Gasteiger partial charge is 0.251 e. The summed E-state index contributed by atoms with van der Waals surface area (Å²) in [6, 6.07) is 15.5. The van der Waals surface area contributed by atoms with Crippen molar-refractivity contribution >= 4 is 5.91 Å². The number of nitrogens with one attached hydrogen (secondary N) is 1. The predicted molar refractivity (Wildman–Crippen MR) is 73.2 cm³/mol. The van der Waals surface area contributed by atoms with Crippen molar-refractivity contribution in [3.8, 4) is 11.1 Å². The number of benzene rings is 2. The highest BCUT2D eigenvalue weighted by Crippen LogP contribution is 2.25. The summed E-state index contributed by atoms with van der Waals surface area (Å²) in [5, 5.41) is 2.66. The molecule has 2 aromatic rings. The molecule has 2 aromatic carbocycles. The molecule has 1 amide bonds. The maximum absolute atomic E-state index is 11.9. The van der Waals surface area contributed by atoms with E-state index < -0.39 is 0 Å². The standard InChI is InChI=1S/C15H16N2O/c1-17-15(18)13-8-7-11(10-16)9-14(13)12-5-3-2-4-6-12/h2-9H,10,16H2,1H3,(H,17,18). The minimum absolute atomic E-state index is 0.0857. The summed E-state index contributed by atoms with van der Waals surface area (Å²) < 4.78 is 0. The summed E-state index contributed by atoms with van der Waals surface area (Å²) >= 11 is 0. The molecular formula is C15H16N2O. The maximum Gasteiger partial charge on any atom is 0.251 e. The molecule has 0 saturated heterocycles. The first-order chi connectivity index (χ1) is 8.76. The lowest BCUT2D eigenvalue weighted by Gasteiger charge is -2.10. The van der Waals surface area contributed by atoms with E-state index >= 15 is 0 Å². The van der Waals surface area contributed by atoms with Crippen molar-refractivity contribution in [2.45, 2.75) is 6.54 Å². The predicted octanol–water partition coefficient (Wildman–Crippen LogP) is 2.17. The van der Waals surface area contributed by atoms with E-state index in [1.807, 2.05) is 48.5 Å². The van der Waals surface area contributed by atoms with Gasteiger partial charge >= 0.3 is 0 Å². The zero-order valence-electron chi connectivity index (χ0n) is 10.3. The van der Waals surface area contributed by atoms with E-state index in [2.05, 4.69) is 5.32 Å². The Morgan fingerprint density at radius 1 is 1.17 bits per heavy atom. The molecule has 3 heteroatoms. The molecule has 0 fully saturated rings. The van der Waals surface area contributed by atoms with E-state index in [1.165, 1.54) is 0 Å². The van der Waals surface area contributed by atoms with Crippen molar-refractivity contribution in [1.82, 2.24) is 5.32 Å². The molecule has 0 aliphatic heterocycles. The molecule has 3 nitrogen and oxygen atoms in total. The first-order valence-corrected chi connectivity index (χ1v) is 5.86. The number of carbonyl (C=O) groups excluding carboxylic acids is 1. The van der Waals surface area contributed by atoms with Crippen LogP contribution in [0, 0.1) is 0 Å². The third kappa shape index (κ3) is 2.41. The molecule has 0 spiro atoms. The number of rotatable bonds is 3. The third-order valence-corrected chi connectivity index (χ3v) is 2.88. The second kappa shape index (κ2) is 5.47. The van der Waals surface area contributed by atoms with Crippen LogP contribution in [-0.2, 0) is 6.54 Å². The van der Waals surface area contributed by atoms with E-state index in [4.69, 9.17) is 5.73 Å². The Hall–Kier alpha value is -2.13. The first kappa shape index (κ1) is 12.3. The van der Waals surface area contributed by atoms with Gasteiger partial charge in [0.2, 0.25) is 0 Å². The zero-order chi connectivity index (χ0) is 13.0. The SMILES string of the molecule is CNC(=O)c1ccc(CN)cc1-c1ccccc1. The topological polar surface area (TPSA) is 55.1 Å². The van der Waals surface area contributed by atoms with Crippen molar-refractivity contribution in [3.05, 3.63) is 59.7 Å². The highest BCUT2D eigenvalue weighted by molar-refractivity contribution is 6.00. The van der Waals surface area contributed by atoms with Crippen LogP contribution in [0.3, 0.4) is 0 Å². The number of amides is 1. The van der Waals surface area contributed by atoms with E-state index in [1.54, 1.807) is 7.05 Å². The summed E-state index contributed by atoms with van der Waals surface area (Å²) in [5.74, 6) is -0.0857. The highest BCUT2D eigenvalue weighted by Gasteiger charge is 2.11. The minimum atomic E-state index is -0.0857. The Morgan fingerprint density at radius 3 is 2.50 bits per heavy atom. The molecule has 0 aromatic heterocycles. The summed E-state index contributed by atoms with van der Waals surface area (Å²) in [4.78, 5) is 11.9. The van der Waals surface area contributed by atoms with Gasteiger partial charge in [0, 0.05) is 19.2 Å². The van der Waals surface area contributed by atoms with Gasteiger partial charge in [0.1, 0.15) is 0 Å². The second-order valence-corrected chi connectivity index (χ2v) is 4.03. The quantitative estimate of drug-likeness (QED) is 0.864. The summed E-state index contributed by atoms with van der Waals surface area (Å²) in [6.07, 6.45) is 0. The second-order valence-electron chi connectivity index (χ2n) is 4.03. The van der Waals surface area contributed by atoms with Crippen LogP contribution in [0.2, 0.25) is 0 Å². The Kier molecular flexibility index (Phi) is 3.75. The molecule has 0 unspecified atom stereocenters. The molecule has 92 valence electrons. The van der Waals surface area contributed by atoms with Gasteiger partial charge in [-0.1, -0.05) is 36.4 Å². The number of hydrogen-bond donors (Lipinski definition) is 2. The van der Waals surface area contributed by atoms with Crippen LogP contribution in [0.5, 0.6) is 0 Å². The average molecular weight is 240 g/mol. The van der Waals surface area contributed by atoms with Gasteiger partial charge in [-0.15, -0.1) is 0 Å². The van der Waals surface area contributed by atoms with Crippen LogP contribution in [0.15, 0.2) is 48.5 Å². The van der Waals surface area contributed by atoms with Crippen molar-refractivity contribution in [1.29, 1.82) is 0 Å². The van der Waals surface area contributed by atoms with Crippen molar-refractivity contribution in [3.63, 3.8) is 0 Å². The first-order valence-electron chi connectivity index (χ1n) is 5.86. The lowest BCUT2D eigenvalue weighted by molar-refractivity contribution is 0.0963. The number of hydrogen-bond acceptors (Lipinski definition) is 2. The van der Waals surface area contributed by atoms with Crippen LogP contribution in [0.25, 0.3) is 11.1 Å². The Balaban J connectivity index is 2.58. The molecule has 0 saturated carbocycles. The lowest BCUT2D eigenvalue weighted by Crippen LogP contribution is -2.19. The van der Waals surface area contributed by atoms with Gasteiger partial charge in [-0.25, -0.2) is 0 Å². The summed E-state index contributed by atoms with van der Waals surface area (Å²) in [5.41, 5.74) is 9.27. The average Bonchev–Trinajstić information content (AvgIpc) is 2.46. The van der Waals surface area contributed by atoms with Gasteiger partial charge in [0.05, 0.1) is 0 Å². The number of nitrogens with two attached hydrogens (primary N) is 1. The van der Waals surface area contributed by atoms with E-state index in [0.29, 0.717) is 12.1 Å². The molecule has 0 aliphatic rings. The molecule has 0 atom stereocenters. The minimum Gasteiger partial charge on any atom is -0.355 e. The molecule has 0 heterocycles. The highest BCUT2D eigenvalue weighted by atomic mass is 16.1. The summed E-state index contributed by atoms with van der Waals surface area (Å²) in [6.45, 7) is 0.466. The van der Waals surface area contributed by atoms with Gasteiger partial charge in [-0.3, -0.25) is 4.79 Å². The van der Waals surface area contributed by atoms with E-state index in [9.17, 15) is 4.79 Å². The van der Waals surface area contributed by atoms with Crippen LogP contribution in [-0.4, -0.2) is 13.0 Å². The van der Waals surface area contributed by atoms with Crippen LogP contribution >= 0.6 is 0 Å². The maximum atomic E-state index is 11.9. The largest absolute Gasteiger partial charge is 0.355 e. The zero-order valence-corrected chi connectivity index (χ0v) is 10.3. The van der Waals surface area contributed by atoms with Gasteiger partial charge in [-0.05, 0) is 28.8 Å². The molecule has 2 rings (SSSR count). The Labute approximate surface area is 107 Å². The van der Waals surface area contributed by atoms with Crippen molar-refractivity contribution in [2.24, 2.45) is 5.73 Å². The van der Waals surface area contributed by atoms with Gasteiger partial charge < -0.3 is 11.1 Å². The monoisotopic (exact) mass is 240 g/mol. The van der Waals surface area contributed by atoms with Gasteiger partial charge in [-0.2, -0.15) is 0 Å². The van der Waals surface area contributed by atoms with E-state index in [-0.39, 0.29) is 5.91 Å². The molecular weight excluding hydrogens is 224 g/mol. The van der Waals surface area contributed by atoms with Crippen LogP contribution in [0.4, 0.5) is 0 Å².